The van der Waals surface area contributed by atoms with Gasteiger partial charge in [0.25, 0.3) is 5.56 Å². The van der Waals surface area contributed by atoms with E-state index in [4.69, 9.17) is 0 Å². The van der Waals surface area contributed by atoms with E-state index in [0.29, 0.717) is 11.2 Å². The number of hydrogen-bond donors (Lipinski definition) is 2. The molecule has 0 saturated heterocycles. The molecule has 1 aromatic carbocycles. The van der Waals surface area contributed by atoms with Crippen LogP contribution in [0.3, 0.4) is 0 Å². The van der Waals surface area contributed by atoms with Crippen molar-refractivity contribution in [3.8, 4) is 0 Å². The van der Waals surface area contributed by atoms with Crippen LogP contribution in [0, 0.1) is 0 Å². The first-order chi connectivity index (χ1) is 9.19. The summed E-state index contributed by atoms with van der Waals surface area (Å²) in [5, 5.41) is 3.98. The third-order valence-corrected chi connectivity index (χ3v) is 3.66. The quantitative estimate of drug-likeness (QED) is 0.824. The molecule has 0 fully saturated rings. The van der Waals surface area contributed by atoms with Gasteiger partial charge < -0.3 is 10.3 Å². The van der Waals surface area contributed by atoms with Crippen LogP contribution in [-0.2, 0) is 0 Å². The molecule has 0 radical (unpaired) electrons. The fraction of sp³-hybridized carbons (Fsp3) is 0.286. The van der Waals surface area contributed by atoms with Gasteiger partial charge in [-0.1, -0.05) is 30.8 Å². The summed E-state index contributed by atoms with van der Waals surface area (Å²) >= 11 is 1.45. The average molecular weight is 275 g/mol. The summed E-state index contributed by atoms with van der Waals surface area (Å²) in [6.45, 7) is 5.19. The standard InChI is InChI=1S/C14H17N3OS/c1-3-15-10(2)11-4-6-12(7-5-11)19-14-16-9-8-13(18)17-14/h4-10,15H,3H2,1-2H3,(H,16,17,18). The summed E-state index contributed by atoms with van der Waals surface area (Å²) in [5.74, 6) is 0. The Balaban J connectivity index is 2.08. The zero-order valence-electron chi connectivity index (χ0n) is 11.0. The SMILES string of the molecule is CCNC(C)c1ccc(Sc2nccc(=O)[nH]2)cc1. The molecule has 0 bridgehead atoms. The van der Waals surface area contributed by atoms with Crippen LogP contribution in [0.5, 0.6) is 0 Å². The molecule has 1 aromatic heterocycles. The lowest BCUT2D eigenvalue weighted by atomic mass is 10.1. The number of aromatic amines is 1. The largest absolute Gasteiger partial charge is 0.310 e. The third-order valence-electron chi connectivity index (χ3n) is 2.75. The highest BCUT2D eigenvalue weighted by atomic mass is 32.2. The van der Waals surface area contributed by atoms with Gasteiger partial charge >= 0.3 is 0 Å². The van der Waals surface area contributed by atoms with Gasteiger partial charge in [-0.25, -0.2) is 4.98 Å². The van der Waals surface area contributed by atoms with Gasteiger partial charge in [0.05, 0.1) is 0 Å². The van der Waals surface area contributed by atoms with Crippen molar-refractivity contribution in [3.63, 3.8) is 0 Å². The summed E-state index contributed by atoms with van der Waals surface area (Å²) < 4.78 is 0. The smallest absolute Gasteiger partial charge is 0.251 e. The van der Waals surface area contributed by atoms with Crippen molar-refractivity contribution in [2.24, 2.45) is 0 Å². The fourth-order valence-corrected chi connectivity index (χ4v) is 2.52. The predicted octanol–water partition coefficient (Wildman–Crippen LogP) is 2.59. The van der Waals surface area contributed by atoms with E-state index in [9.17, 15) is 4.79 Å². The van der Waals surface area contributed by atoms with Crippen molar-refractivity contribution in [1.82, 2.24) is 15.3 Å². The molecule has 0 spiro atoms. The predicted molar refractivity (Wildman–Crippen MR) is 77.5 cm³/mol. The first-order valence-corrected chi connectivity index (χ1v) is 7.07. The summed E-state index contributed by atoms with van der Waals surface area (Å²) in [4.78, 5) is 19.1. The second kappa shape index (κ2) is 6.54. The molecular formula is C14H17N3OS. The lowest BCUT2D eigenvalue weighted by Gasteiger charge is -2.12. The number of benzene rings is 1. The maximum absolute atomic E-state index is 11.2. The molecule has 5 heteroatoms. The second-order valence-electron chi connectivity index (χ2n) is 4.19. The van der Waals surface area contributed by atoms with Crippen molar-refractivity contribution < 1.29 is 0 Å². The Bertz CT molecular complexity index is 580. The summed E-state index contributed by atoms with van der Waals surface area (Å²) in [6, 6.07) is 10.0. The van der Waals surface area contributed by atoms with Crippen LogP contribution in [0.4, 0.5) is 0 Å². The summed E-state index contributed by atoms with van der Waals surface area (Å²) in [5.41, 5.74) is 1.12. The minimum absolute atomic E-state index is 0.130. The summed E-state index contributed by atoms with van der Waals surface area (Å²) in [6.07, 6.45) is 1.52. The minimum Gasteiger partial charge on any atom is -0.310 e. The summed E-state index contributed by atoms with van der Waals surface area (Å²) in [7, 11) is 0. The molecule has 1 atom stereocenters. The van der Waals surface area contributed by atoms with Crippen molar-refractivity contribution in [2.75, 3.05) is 6.54 Å². The van der Waals surface area contributed by atoms with E-state index in [1.165, 1.54) is 29.6 Å². The number of nitrogens with one attached hydrogen (secondary N) is 2. The monoisotopic (exact) mass is 275 g/mol. The van der Waals surface area contributed by atoms with Gasteiger partial charge in [0.2, 0.25) is 0 Å². The normalized spacial score (nSPS) is 12.3. The zero-order valence-corrected chi connectivity index (χ0v) is 11.8. The number of nitrogens with zero attached hydrogens (tertiary/aromatic N) is 1. The lowest BCUT2D eigenvalue weighted by molar-refractivity contribution is 0.598. The van der Waals surface area contributed by atoms with E-state index >= 15 is 0 Å². The number of rotatable bonds is 5. The Morgan fingerprint density at radius 3 is 2.68 bits per heavy atom. The van der Waals surface area contributed by atoms with Gasteiger partial charge in [-0.15, -0.1) is 0 Å². The maximum Gasteiger partial charge on any atom is 0.251 e. The van der Waals surface area contributed by atoms with E-state index in [-0.39, 0.29) is 5.56 Å². The van der Waals surface area contributed by atoms with Crippen LogP contribution >= 0.6 is 11.8 Å². The third kappa shape index (κ3) is 3.94. The zero-order chi connectivity index (χ0) is 13.7. The lowest BCUT2D eigenvalue weighted by Crippen LogP contribution is -2.17. The molecule has 0 amide bonds. The van der Waals surface area contributed by atoms with Crippen molar-refractivity contribution in [2.45, 2.75) is 29.9 Å². The molecule has 0 aliphatic carbocycles. The van der Waals surface area contributed by atoms with Crippen LogP contribution in [0.25, 0.3) is 0 Å². The highest BCUT2D eigenvalue weighted by Gasteiger charge is 2.04. The van der Waals surface area contributed by atoms with Crippen LogP contribution in [0.15, 0.2) is 51.4 Å². The molecule has 0 saturated carbocycles. The van der Waals surface area contributed by atoms with E-state index in [2.05, 4.69) is 41.3 Å². The average Bonchev–Trinajstić information content (AvgIpc) is 2.40. The molecular weight excluding hydrogens is 258 g/mol. The van der Waals surface area contributed by atoms with Crippen molar-refractivity contribution in [3.05, 3.63) is 52.4 Å². The fourth-order valence-electron chi connectivity index (χ4n) is 1.76. The van der Waals surface area contributed by atoms with E-state index in [1.54, 1.807) is 0 Å². The Labute approximate surface area is 116 Å². The first-order valence-electron chi connectivity index (χ1n) is 6.25. The Morgan fingerprint density at radius 1 is 1.32 bits per heavy atom. The Hall–Kier alpha value is -1.59. The van der Waals surface area contributed by atoms with Gasteiger partial charge in [0, 0.05) is 23.2 Å². The molecule has 2 rings (SSSR count). The van der Waals surface area contributed by atoms with Gasteiger partial charge in [-0.2, -0.15) is 0 Å². The molecule has 0 aliphatic heterocycles. The highest BCUT2D eigenvalue weighted by molar-refractivity contribution is 7.99. The topological polar surface area (TPSA) is 57.8 Å². The molecule has 19 heavy (non-hydrogen) atoms. The van der Waals surface area contributed by atoms with E-state index in [1.807, 2.05) is 12.1 Å². The number of H-pyrrole nitrogens is 1. The highest BCUT2D eigenvalue weighted by Crippen LogP contribution is 2.25. The van der Waals surface area contributed by atoms with Gasteiger partial charge in [-0.3, -0.25) is 4.79 Å². The first kappa shape index (κ1) is 13.8. The van der Waals surface area contributed by atoms with Gasteiger partial charge in [0.15, 0.2) is 5.16 Å². The Morgan fingerprint density at radius 2 is 2.05 bits per heavy atom. The van der Waals surface area contributed by atoms with Crippen LogP contribution < -0.4 is 10.9 Å². The van der Waals surface area contributed by atoms with Crippen molar-refractivity contribution >= 4 is 11.8 Å². The van der Waals surface area contributed by atoms with Crippen molar-refractivity contribution in [1.29, 1.82) is 0 Å². The molecule has 2 N–H and O–H groups in total. The Kier molecular flexibility index (Phi) is 4.76. The van der Waals surface area contributed by atoms with Gasteiger partial charge in [0.1, 0.15) is 0 Å². The number of hydrogen-bond acceptors (Lipinski definition) is 4. The van der Waals surface area contributed by atoms with Crippen LogP contribution in [0.2, 0.25) is 0 Å². The second-order valence-corrected chi connectivity index (χ2v) is 5.25. The molecule has 100 valence electrons. The maximum atomic E-state index is 11.2. The van der Waals surface area contributed by atoms with E-state index in [0.717, 1.165) is 11.4 Å². The molecule has 1 unspecified atom stereocenters. The van der Waals surface area contributed by atoms with Gasteiger partial charge in [-0.05, 0) is 31.2 Å². The van der Waals surface area contributed by atoms with E-state index < -0.39 is 0 Å². The molecule has 0 aliphatic rings. The molecule has 2 aromatic rings. The van der Waals surface area contributed by atoms with Crippen LogP contribution in [0.1, 0.15) is 25.5 Å². The molecule has 4 nitrogen and oxygen atoms in total. The minimum atomic E-state index is -0.130. The van der Waals surface area contributed by atoms with Crippen LogP contribution in [-0.4, -0.2) is 16.5 Å². The number of aromatic nitrogens is 2. The molecule has 1 heterocycles.